The zero-order valence-electron chi connectivity index (χ0n) is 24.5. The van der Waals surface area contributed by atoms with Gasteiger partial charge in [-0.25, -0.2) is 4.79 Å². The molecule has 2 aromatic carbocycles. The van der Waals surface area contributed by atoms with Crippen LogP contribution in [0.1, 0.15) is 67.3 Å². The van der Waals surface area contributed by atoms with Crippen LogP contribution in [0.5, 0.6) is 0 Å². The molecule has 226 valence electrons. The van der Waals surface area contributed by atoms with Crippen LogP contribution in [-0.2, 0) is 30.2 Å². The van der Waals surface area contributed by atoms with Crippen LogP contribution in [-0.4, -0.2) is 55.4 Å². The van der Waals surface area contributed by atoms with E-state index in [2.05, 4.69) is 30.4 Å². The highest BCUT2D eigenvalue weighted by Gasteiger charge is 2.43. The third-order valence-corrected chi connectivity index (χ3v) is 8.01. The van der Waals surface area contributed by atoms with Crippen molar-refractivity contribution < 1.29 is 33.6 Å². The van der Waals surface area contributed by atoms with Crippen molar-refractivity contribution in [1.29, 1.82) is 0 Å². The molecule has 1 heterocycles. The molecule has 2 aromatic rings. The highest BCUT2D eigenvalue weighted by molar-refractivity contribution is 5.89. The van der Waals surface area contributed by atoms with Crippen LogP contribution in [0.4, 0.5) is 0 Å². The molecule has 1 saturated carbocycles. The number of hydrogen-bond acceptors (Lipinski definition) is 7. The minimum absolute atomic E-state index is 0.130. The number of hydrogen-bond donors (Lipinski definition) is 1. The van der Waals surface area contributed by atoms with Gasteiger partial charge in [0.1, 0.15) is 6.10 Å². The molecule has 6 atom stereocenters. The standard InChI is InChI=1S/C35H44O7/c1-39-33(37)19-11-3-2-10-18-29-30(32(25-31(29)36)42-35(38)27-16-8-5-9-17-27)22-21-28(24-26-14-6-4-7-15-26)41-34-20-12-13-23-40-34/h2,4-10,14-17,21-22,28-32,34,36H,3,11-13,18-20,23-25H2,1H3/b10-2-,22-21+/t28-,29-,30-,31+,32-,34?/m1/s1. The summed E-state index contributed by atoms with van der Waals surface area (Å²) in [5.41, 5.74) is 1.65. The SMILES string of the molecule is COC(=O)CCC/C=C\C[C@@H]1[C@@H](/C=C/[C@H](Cc2ccccc2)OC2CCCCO2)[C@H](OC(=O)c2ccccc2)C[C@@H]1O. The lowest BCUT2D eigenvalue weighted by molar-refractivity contribution is -0.178. The summed E-state index contributed by atoms with van der Waals surface area (Å²) in [6, 6.07) is 19.2. The number of rotatable bonds is 14. The predicted molar refractivity (Wildman–Crippen MR) is 161 cm³/mol. The molecule has 7 nitrogen and oxygen atoms in total. The van der Waals surface area contributed by atoms with E-state index < -0.39 is 18.2 Å². The summed E-state index contributed by atoms with van der Waals surface area (Å²) >= 11 is 0. The molecule has 4 rings (SSSR count). The number of benzene rings is 2. The molecule has 42 heavy (non-hydrogen) atoms. The lowest BCUT2D eigenvalue weighted by Gasteiger charge is -2.27. The average Bonchev–Trinajstić information content (AvgIpc) is 3.31. The maximum absolute atomic E-state index is 13.0. The molecule has 0 aromatic heterocycles. The maximum atomic E-state index is 13.0. The Morgan fingerprint density at radius 1 is 1.05 bits per heavy atom. The van der Waals surface area contributed by atoms with Gasteiger partial charge in [-0.2, -0.15) is 0 Å². The van der Waals surface area contributed by atoms with Crippen LogP contribution in [0.15, 0.2) is 85.0 Å². The molecule has 1 N–H and O–H groups in total. The number of methoxy groups -OCH3 is 1. The Balaban J connectivity index is 1.49. The Hall–Kier alpha value is -3.26. The van der Waals surface area contributed by atoms with Gasteiger partial charge in [0, 0.05) is 31.8 Å². The second-order valence-corrected chi connectivity index (χ2v) is 11.1. The quantitative estimate of drug-likeness (QED) is 0.162. The Bertz CT molecular complexity index is 1140. The van der Waals surface area contributed by atoms with Crippen LogP contribution in [0, 0.1) is 11.8 Å². The second kappa shape index (κ2) is 17.0. The predicted octanol–water partition coefficient (Wildman–Crippen LogP) is 6.21. The topological polar surface area (TPSA) is 91.3 Å². The van der Waals surface area contributed by atoms with E-state index in [4.69, 9.17) is 18.9 Å². The Morgan fingerprint density at radius 3 is 2.52 bits per heavy atom. The minimum Gasteiger partial charge on any atom is -0.469 e. The van der Waals surface area contributed by atoms with Gasteiger partial charge >= 0.3 is 11.9 Å². The van der Waals surface area contributed by atoms with Crippen molar-refractivity contribution in [2.75, 3.05) is 13.7 Å². The van der Waals surface area contributed by atoms with Gasteiger partial charge in [-0.3, -0.25) is 4.79 Å². The summed E-state index contributed by atoms with van der Waals surface area (Å²) in [5, 5.41) is 11.1. The van der Waals surface area contributed by atoms with E-state index in [0.29, 0.717) is 44.3 Å². The lowest BCUT2D eigenvalue weighted by Crippen LogP contribution is -2.29. The zero-order chi connectivity index (χ0) is 29.6. The molecule has 0 spiro atoms. The van der Waals surface area contributed by atoms with Crippen molar-refractivity contribution in [2.45, 2.75) is 82.4 Å². The van der Waals surface area contributed by atoms with Crippen molar-refractivity contribution in [3.05, 3.63) is 96.1 Å². The van der Waals surface area contributed by atoms with E-state index in [1.165, 1.54) is 7.11 Å². The zero-order valence-corrected chi connectivity index (χ0v) is 24.5. The summed E-state index contributed by atoms with van der Waals surface area (Å²) < 4.78 is 23.0. The smallest absolute Gasteiger partial charge is 0.338 e. The van der Waals surface area contributed by atoms with E-state index in [0.717, 1.165) is 31.2 Å². The largest absolute Gasteiger partial charge is 0.469 e. The number of ether oxygens (including phenoxy) is 4. The Morgan fingerprint density at radius 2 is 1.81 bits per heavy atom. The normalized spacial score (nSPS) is 25.0. The molecule has 1 aliphatic carbocycles. The third-order valence-electron chi connectivity index (χ3n) is 8.01. The third kappa shape index (κ3) is 9.93. The van der Waals surface area contributed by atoms with E-state index >= 15 is 0 Å². The monoisotopic (exact) mass is 576 g/mol. The summed E-state index contributed by atoms with van der Waals surface area (Å²) in [4.78, 5) is 24.4. The first kappa shape index (κ1) is 31.7. The first-order chi connectivity index (χ1) is 20.5. The van der Waals surface area contributed by atoms with Gasteiger partial charge in [0.05, 0.1) is 24.9 Å². The van der Waals surface area contributed by atoms with Crippen molar-refractivity contribution in [3.8, 4) is 0 Å². The molecule has 0 bridgehead atoms. The summed E-state index contributed by atoms with van der Waals surface area (Å²) in [5.74, 6) is -0.928. The molecule has 7 heteroatoms. The first-order valence-corrected chi connectivity index (χ1v) is 15.2. The lowest BCUT2D eigenvalue weighted by atomic mass is 9.89. The molecule has 1 aliphatic heterocycles. The highest BCUT2D eigenvalue weighted by Crippen LogP contribution is 2.39. The fraction of sp³-hybridized carbons (Fsp3) is 0.486. The first-order valence-electron chi connectivity index (χ1n) is 15.2. The summed E-state index contributed by atoms with van der Waals surface area (Å²) in [6.45, 7) is 0.701. The van der Waals surface area contributed by atoms with Crippen LogP contribution >= 0.6 is 0 Å². The van der Waals surface area contributed by atoms with Crippen molar-refractivity contribution in [1.82, 2.24) is 0 Å². The molecular formula is C35H44O7. The average molecular weight is 577 g/mol. The molecule has 1 unspecified atom stereocenters. The van der Waals surface area contributed by atoms with Crippen LogP contribution in [0.2, 0.25) is 0 Å². The van der Waals surface area contributed by atoms with Crippen molar-refractivity contribution >= 4 is 11.9 Å². The van der Waals surface area contributed by atoms with E-state index in [-0.39, 0.29) is 30.2 Å². The number of allylic oxidation sites excluding steroid dienone is 2. The summed E-state index contributed by atoms with van der Waals surface area (Å²) in [6.07, 6.45) is 13.2. The fourth-order valence-corrected chi connectivity index (χ4v) is 5.70. The molecule has 1 saturated heterocycles. The van der Waals surface area contributed by atoms with Crippen molar-refractivity contribution in [2.24, 2.45) is 11.8 Å². The fourth-order valence-electron chi connectivity index (χ4n) is 5.70. The van der Waals surface area contributed by atoms with Crippen molar-refractivity contribution in [3.63, 3.8) is 0 Å². The van der Waals surface area contributed by atoms with Gasteiger partial charge in [-0.05, 0) is 62.1 Å². The van der Waals surface area contributed by atoms with Gasteiger partial charge in [0.25, 0.3) is 0 Å². The highest BCUT2D eigenvalue weighted by atomic mass is 16.7. The summed E-state index contributed by atoms with van der Waals surface area (Å²) in [7, 11) is 1.39. The molecular weight excluding hydrogens is 532 g/mol. The maximum Gasteiger partial charge on any atom is 0.338 e. The Kier molecular flexibility index (Phi) is 12.8. The minimum atomic E-state index is -0.622. The van der Waals surface area contributed by atoms with Crippen LogP contribution < -0.4 is 0 Å². The van der Waals surface area contributed by atoms with Crippen LogP contribution in [0.25, 0.3) is 0 Å². The van der Waals surface area contributed by atoms with Gasteiger partial charge in [0.15, 0.2) is 6.29 Å². The van der Waals surface area contributed by atoms with Gasteiger partial charge in [-0.1, -0.05) is 72.8 Å². The number of aliphatic hydroxyl groups excluding tert-OH is 1. The van der Waals surface area contributed by atoms with E-state index in [1.807, 2.05) is 42.5 Å². The number of aliphatic hydroxyl groups is 1. The molecule has 2 aliphatic rings. The number of unbranched alkanes of at least 4 members (excludes halogenated alkanes) is 1. The molecule has 2 fully saturated rings. The van der Waals surface area contributed by atoms with Gasteiger partial charge < -0.3 is 24.1 Å². The second-order valence-electron chi connectivity index (χ2n) is 11.1. The Labute approximate surface area is 249 Å². The van der Waals surface area contributed by atoms with Gasteiger partial charge in [-0.15, -0.1) is 0 Å². The number of carbonyl (C=O) groups is 2. The number of esters is 2. The van der Waals surface area contributed by atoms with Gasteiger partial charge in [0.2, 0.25) is 0 Å². The van der Waals surface area contributed by atoms with E-state index in [1.54, 1.807) is 12.1 Å². The number of carbonyl (C=O) groups excluding carboxylic acids is 2. The van der Waals surface area contributed by atoms with E-state index in [9.17, 15) is 14.7 Å². The molecule has 0 amide bonds. The molecule has 0 radical (unpaired) electrons. The van der Waals surface area contributed by atoms with Crippen LogP contribution in [0.3, 0.4) is 0 Å².